The summed E-state index contributed by atoms with van der Waals surface area (Å²) in [5, 5.41) is 8.69. The fraction of sp³-hybridized carbons (Fsp3) is 0.0870. The van der Waals surface area contributed by atoms with Gasteiger partial charge in [0.1, 0.15) is 12.4 Å². The van der Waals surface area contributed by atoms with Crippen molar-refractivity contribution in [3.05, 3.63) is 82.3 Å². The Balaban J connectivity index is 1.34. The molecule has 0 saturated heterocycles. The van der Waals surface area contributed by atoms with Crippen molar-refractivity contribution in [3.8, 4) is 5.75 Å². The van der Waals surface area contributed by atoms with Gasteiger partial charge in [-0.1, -0.05) is 47.7 Å². The van der Waals surface area contributed by atoms with Gasteiger partial charge in [-0.3, -0.25) is 10.1 Å². The van der Waals surface area contributed by atoms with Crippen LogP contribution in [0, 0.1) is 6.92 Å². The molecule has 0 spiro atoms. The third-order valence-corrected chi connectivity index (χ3v) is 6.41. The zero-order valence-electron chi connectivity index (χ0n) is 16.1. The summed E-state index contributed by atoms with van der Waals surface area (Å²) in [7, 11) is 0. The Morgan fingerprint density at radius 2 is 1.97 bits per heavy atom. The Kier molecular flexibility index (Phi) is 4.90. The summed E-state index contributed by atoms with van der Waals surface area (Å²) >= 11 is 3.06. The Bertz CT molecular complexity index is 1370. The number of amides is 1. The molecule has 1 amide bonds. The minimum absolute atomic E-state index is 0.215. The summed E-state index contributed by atoms with van der Waals surface area (Å²) in [6.07, 6.45) is 0. The normalized spacial score (nSPS) is 11.1. The van der Waals surface area contributed by atoms with Gasteiger partial charge < -0.3 is 4.74 Å². The lowest BCUT2D eigenvalue weighted by Crippen LogP contribution is -2.11. The summed E-state index contributed by atoms with van der Waals surface area (Å²) < 4.78 is 6.84. The van der Waals surface area contributed by atoms with Crippen molar-refractivity contribution >= 4 is 54.7 Å². The molecule has 1 N–H and O–H groups in total. The number of benzene rings is 3. The fourth-order valence-electron chi connectivity index (χ4n) is 3.24. The second-order valence-electron chi connectivity index (χ2n) is 6.78. The van der Waals surface area contributed by atoms with Crippen molar-refractivity contribution in [3.63, 3.8) is 0 Å². The van der Waals surface area contributed by atoms with Gasteiger partial charge in [-0.2, -0.15) is 0 Å². The van der Waals surface area contributed by atoms with Crippen LogP contribution in [0.5, 0.6) is 5.75 Å². The van der Waals surface area contributed by atoms with Crippen LogP contribution >= 0.6 is 22.7 Å². The molecule has 5 nitrogen and oxygen atoms in total. The van der Waals surface area contributed by atoms with Crippen molar-refractivity contribution in [2.75, 3.05) is 5.32 Å². The maximum absolute atomic E-state index is 12.8. The van der Waals surface area contributed by atoms with Gasteiger partial charge in [0, 0.05) is 16.3 Å². The van der Waals surface area contributed by atoms with E-state index in [4.69, 9.17) is 4.74 Å². The molecule has 148 valence electrons. The van der Waals surface area contributed by atoms with Gasteiger partial charge in [0.25, 0.3) is 5.91 Å². The van der Waals surface area contributed by atoms with E-state index in [2.05, 4.69) is 27.4 Å². The maximum atomic E-state index is 12.8. The molecule has 0 atom stereocenters. The van der Waals surface area contributed by atoms with Crippen LogP contribution in [0.3, 0.4) is 0 Å². The van der Waals surface area contributed by atoms with Gasteiger partial charge in [-0.25, -0.2) is 9.97 Å². The number of nitrogens with zero attached hydrogens (tertiary/aromatic N) is 2. The molecule has 0 saturated carbocycles. The van der Waals surface area contributed by atoms with Crippen molar-refractivity contribution < 1.29 is 9.53 Å². The zero-order valence-corrected chi connectivity index (χ0v) is 17.7. The minimum atomic E-state index is -0.215. The van der Waals surface area contributed by atoms with Gasteiger partial charge in [0.15, 0.2) is 5.13 Å². The van der Waals surface area contributed by atoms with Crippen LogP contribution in [0.4, 0.5) is 5.13 Å². The number of carbonyl (C=O) groups is 1. The second kappa shape index (κ2) is 7.85. The molecule has 0 radical (unpaired) electrons. The average molecular weight is 432 g/mol. The molecule has 0 fully saturated rings. The molecule has 30 heavy (non-hydrogen) atoms. The number of anilines is 1. The van der Waals surface area contributed by atoms with Crippen molar-refractivity contribution in [1.29, 1.82) is 0 Å². The molecule has 0 bridgehead atoms. The number of fused-ring (bicyclic) bond motifs is 3. The van der Waals surface area contributed by atoms with Crippen LogP contribution in [0.15, 0.2) is 66.0 Å². The predicted molar refractivity (Wildman–Crippen MR) is 123 cm³/mol. The zero-order chi connectivity index (χ0) is 20.5. The third-order valence-electron chi connectivity index (χ3n) is 4.65. The molecule has 0 aliphatic heterocycles. The third kappa shape index (κ3) is 3.77. The Labute approximate surface area is 181 Å². The highest BCUT2D eigenvalue weighted by Gasteiger charge is 2.12. The highest BCUT2D eigenvalue weighted by Crippen LogP contribution is 2.32. The molecule has 3 aromatic carbocycles. The predicted octanol–water partition coefficient (Wildman–Crippen LogP) is 6.05. The van der Waals surface area contributed by atoms with Crippen LogP contribution in [-0.4, -0.2) is 15.9 Å². The summed E-state index contributed by atoms with van der Waals surface area (Å²) in [5.41, 5.74) is 2.31. The second-order valence-corrected chi connectivity index (χ2v) is 8.87. The number of carbonyl (C=O) groups excluding carboxylic acids is 1. The summed E-state index contributed by atoms with van der Waals surface area (Å²) in [6.45, 7) is 2.34. The van der Waals surface area contributed by atoms with E-state index in [9.17, 15) is 4.79 Å². The first-order valence-corrected chi connectivity index (χ1v) is 11.1. The monoisotopic (exact) mass is 431 g/mol. The standard InChI is InChI=1S/C23H17N3O2S2/c1-14-24-17(13-29-14)12-28-18-7-4-6-16(11-18)22(27)26-23-25-21-19-8-3-2-5-15(19)9-10-20(21)30-23/h2-11,13H,12H2,1H3,(H,25,26,27). The molecular weight excluding hydrogens is 414 g/mol. The number of aryl methyl sites for hydroxylation is 1. The number of thiazole rings is 2. The Morgan fingerprint density at radius 1 is 1.07 bits per heavy atom. The highest BCUT2D eigenvalue weighted by atomic mass is 32.1. The number of ether oxygens (including phenoxy) is 1. The first-order valence-electron chi connectivity index (χ1n) is 9.39. The van der Waals surface area contributed by atoms with Crippen LogP contribution in [-0.2, 0) is 6.61 Å². The molecular formula is C23H17N3O2S2. The molecule has 7 heteroatoms. The van der Waals surface area contributed by atoms with E-state index in [0.29, 0.717) is 23.1 Å². The minimum Gasteiger partial charge on any atom is -0.487 e. The van der Waals surface area contributed by atoms with Crippen LogP contribution in [0.2, 0.25) is 0 Å². The Morgan fingerprint density at radius 3 is 2.83 bits per heavy atom. The molecule has 0 aliphatic rings. The summed E-state index contributed by atoms with van der Waals surface area (Å²) in [4.78, 5) is 21.8. The van der Waals surface area contributed by atoms with Gasteiger partial charge >= 0.3 is 0 Å². The van der Waals surface area contributed by atoms with E-state index >= 15 is 0 Å². The van der Waals surface area contributed by atoms with E-state index in [1.807, 2.05) is 48.7 Å². The largest absolute Gasteiger partial charge is 0.487 e. The molecule has 5 aromatic rings. The number of hydrogen-bond donors (Lipinski definition) is 1. The van der Waals surface area contributed by atoms with Gasteiger partial charge in [0.05, 0.1) is 20.9 Å². The van der Waals surface area contributed by atoms with Crippen molar-refractivity contribution in [1.82, 2.24) is 9.97 Å². The fourth-order valence-corrected chi connectivity index (χ4v) is 4.72. The van der Waals surface area contributed by atoms with Crippen molar-refractivity contribution in [2.24, 2.45) is 0 Å². The van der Waals surface area contributed by atoms with Crippen LogP contribution in [0.25, 0.3) is 21.0 Å². The van der Waals surface area contributed by atoms with Crippen molar-refractivity contribution in [2.45, 2.75) is 13.5 Å². The maximum Gasteiger partial charge on any atom is 0.257 e. The number of rotatable bonds is 5. The van der Waals surface area contributed by atoms with Gasteiger partial charge in [0.2, 0.25) is 0 Å². The van der Waals surface area contributed by atoms with E-state index in [-0.39, 0.29) is 5.91 Å². The van der Waals surface area contributed by atoms with E-state index in [1.54, 1.807) is 23.5 Å². The lowest BCUT2D eigenvalue weighted by atomic mass is 10.1. The van der Waals surface area contributed by atoms with E-state index in [0.717, 1.165) is 31.7 Å². The number of hydrogen-bond acceptors (Lipinski definition) is 6. The summed E-state index contributed by atoms with van der Waals surface area (Å²) in [5.74, 6) is 0.414. The molecule has 0 aliphatic carbocycles. The van der Waals surface area contributed by atoms with E-state index in [1.165, 1.54) is 11.3 Å². The van der Waals surface area contributed by atoms with Crippen LogP contribution < -0.4 is 10.1 Å². The first-order chi connectivity index (χ1) is 14.7. The SMILES string of the molecule is Cc1nc(COc2cccc(C(=O)Nc3nc4c(ccc5ccccc54)s3)c2)cs1. The van der Waals surface area contributed by atoms with E-state index < -0.39 is 0 Å². The quantitative estimate of drug-likeness (QED) is 0.368. The number of aromatic nitrogens is 2. The molecule has 2 heterocycles. The van der Waals surface area contributed by atoms with Gasteiger partial charge in [-0.05, 0) is 36.6 Å². The summed E-state index contributed by atoms with van der Waals surface area (Å²) in [6, 6.07) is 19.4. The Hall–Kier alpha value is -3.29. The molecule has 5 rings (SSSR count). The lowest BCUT2D eigenvalue weighted by Gasteiger charge is -2.07. The number of nitrogens with one attached hydrogen (secondary N) is 1. The molecule has 2 aromatic heterocycles. The first kappa shape index (κ1) is 18.7. The topological polar surface area (TPSA) is 64.1 Å². The smallest absolute Gasteiger partial charge is 0.257 e. The molecule has 0 unspecified atom stereocenters. The highest BCUT2D eigenvalue weighted by molar-refractivity contribution is 7.22. The van der Waals surface area contributed by atoms with Gasteiger partial charge in [-0.15, -0.1) is 11.3 Å². The van der Waals surface area contributed by atoms with Crippen LogP contribution in [0.1, 0.15) is 21.1 Å². The lowest BCUT2D eigenvalue weighted by molar-refractivity contribution is 0.102. The average Bonchev–Trinajstić information content (AvgIpc) is 3.38.